The molecule has 1 N–H and O–H groups in total. The highest BCUT2D eigenvalue weighted by Gasteiger charge is 2.08. The van der Waals surface area contributed by atoms with Gasteiger partial charge in [-0.15, -0.1) is 0 Å². The number of aliphatic carboxylic acids is 1. The first-order chi connectivity index (χ1) is 5.49. The minimum Gasteiger partial charge on any atom is -0.478 e. The summed E-state index contributed by atoms with van der Waals surface area (Å²) in [5.74, 6) is -0.838. The highest BCUT2D eigenvalue weighted by Crippen LogP contribution is 2.04. The second-order valence-electron chi connectivity index (χ2n) is 3.09. The van der Waals surface area contributed by atoms with Crippen LogP contribution in [-0.2, 0) is 4.79 Å². The van der Waals surface area contributed by atoms with Crippen LogP contribution in [0.4, 0.5) is 0 Å². The van der Waals surface area contributed by atoms with Crippen molar-refractivity contribution >= 4 is 5.97 Å². The SMILES string of the molecule is CCC(/C=C(\C)C(=O)O)N(C)C. The quantitative estimate of drug-likeness (QED) is 0.649. The third-order valence-corrected chi connectivity index (χ3v) is 1.86. The van der Waals surface area contributed by atoms with E-state index in [4.69, 9.17) is 5.11 Å². The maximum atomic E-state index is 10.5. The van der Waals surface area contributed by atoms with Crippen LogP contribution in [-0.4, -0.2) is 36.1 Å². The van der Waals surface area contributed by atoms with Crippen molar-refractivity contribution in [2.24, 2.45) is 0 Å². The summed E-state index contributed by atoms with van der Waals surface area (Å²) in [7, 11) is 3.89. The van der Waals surface area contributed by atoms with Crippen LogP contribution in [0.25, 0.3) is 0 Å². The summed E-state index contributed by atoms with van der Waals surface area (Å²) in [4.78, 5) is 12.5. The molecule has 0 aromatic carbocycles. The van der Waals surface area contributed by atoms with Crippen molar-refractivity contribution in [2.45, 2.75) is 26.3 Å². The van der Waals surface area contributed by atoms with Crippen LogP contribution < -0.4 is 0 Å². The topological polar surface area (TPSA) is 40.5 Å². The summed E-state index contributed by atoms with van der Waals surface area (Å²) in [5, 5.41) is 8.62. The lowest BCUT2D eigenvalue weighted by Gasteiger charge is -2.19. The maximum Gasteiger partial charge on any atom is 0.331 e. The normalized spacial score (nSPS) is 14.9. The van der Waals surface area contributed by atoms with Gasteiger partial charge in [-0.25, -0.2) is 4.79 Å². The molecule has 0 aliphatic heterocycles. The predicted octanol–water partition coefficient (Wildman–Crippen LogP) is 1.36. The summed E-state index contributed by atoms with van der Waals surface area (Å²) < 4.78 is 0. The monoisotopic (exact) mass is 171 g/mol. The first-order valence-corrected chi connectivity index (χ1v) is 4.07. The van der Waals surface area contributed by atoms with Crippen molar-refractivity contribution < 1.29 is 9.90 Å². The van der Waals surface area contributed by atoms with E-state index in [2.05, 4.69) is 0 Å². The third-order valence-electron chi connectivity index (χ3n) is 1.86. The minimum atomic E-state index is -0.838. The number of rotatable bonds is 4. The van der Waals surface area contributed by atoms with Gasteiger partial charge in [0.2, 0.25) is 0 Å². The van der Waals surface area contributed by atoms with Crippen LogP contribution in [0.15, 0.2) is 11.6 Å². The van der Waals surface area contributed by atoms with E-state index in [0.717, 1.165) is 6.42 Å². The highest BCUT2D eigenvalue weighted by molar-refractivity contribution is 5.85. The van der Waals surface area contributed by atoms with Gasteiger partial charge in [0.15, 0.2) is 0 Å². The molecule has 3 heteroatoms. The summed E-state index contributed by atoms with van der Waals surface area (Å²) in [6, 6.07) is 0.223. The molecule has 1 atom stereocenters. The van der Waals surface area contributed by atoms with E-state index >= 15 is 0 Å². The molecule has 0 heterocycles. The fraction of sp³-hybridized carbons (Fsp3) is 0.667. The molecule has 0 saturated carbocycles. The number of nitrogens with zero attached hydrogens (tertiary/aromatic N) is 1. The van der Waals surface area contributed by atoms with Gasteiger partial charge in [-0.3, -0.25) is 0 Å². The Morgan fingerprint density at radius 2 is 2.08 bits per heavy atom. The van der Waals surface area contributed by atoms with Crippen molar-refractivity contribution in [1.29, 1.82) is 0 Å². The van der Waals surface area contributed by atoms with Crippen LogP contribution in [0, 0.1) is 0 Å². The van der Waals surface area contributed by atoms with Gasteiger partial charge < -0.3 is 10.0 Å². The van der Waals surface area contributed by atoms with Crippen LogP contribution in [0.2, 0.25) is 0 Å². The molecule has 0 aliphatic rings. The lowest BCUT2D eigenvalue weighted by Crippen LogP contribution is -2.25. The first-order valence-electron chi connectivity index (χ1n) is 4.07. The molecule has 3 nitrogen and oxygen atoms in total. The summed E-state index contributed by atoms with van der Waals surface area (Å²) in [6.45, 7) is 3.66. The standard InChI is InChI=1S/C9H17NO2/c1-5-8(10(3)4)6-7(2)9(11)12/h6,8H,5H2,1-4H3,(H,11,12)/b7-6+. The number of hydrogen-bond acceptors (Lipinski definition) is 2. The molecule has 12 heavy (non-hydrogen) atoms. The number of likely N-dealkylation sites (N-methyl/N-ethyl adjacent to an activating group) is 1. The van der Waals surface area contributed by atoms with Gasteiger partial charge in [-0.2, -0.15) is 0 Å². The van der Waals surface area contributed by atoms with Gasteiger partial charge >= 0.3 is 5.97 Å². The molecular formula is C9H17NO2. The Bertz CT molecular complexity index is 185. The van der Waals surface area contributed by atoms with Crippen LogP contribution in [0.3, 0.4) is 0 Å². The smallest absolute Gasteiger partial charge is 0.331 e. The van der Waals surface area contributed by atoms with Crippen molar-refractivity contribution in [2.75, 3.05) is 14.1 Å². The van der Waals surface area contributed by atoms with Crippen LogP contribution >= 0.6 is 0 Å². The summed E-state index contributed by atoms with van der Waals surface area (Å²) in [5.41, 5.74) is 0.413. The Morgan fingerprint density at radius 1 is 1.58 bits per heavy atom. The molecule has 1 unspecified atom stereocenters. The molecule has 0 fully saturated rings. The average molecular weight is 171 g/mol. The maximum absolute atomic E-state index is 10.5. The molecule has 0 saturated heterocycles. The molecule has 0 aromatic heterocycles. The van der Waals surface area contributed by atoms with Crippen molar-refractivity contribution in [3.05, 3.63) is 11.6 Å². The lowest BCUT2D eigenvalue weighted by atomic mass is 10.1. The van der Waals surface area contributed by atoms with E-state index in [-0.39, 0.29) is 6.04 Å². The van der Waals surface area contributed by atoms with Gasteiger partial charge in [0, 0.05) is 11.6 Å². The third kappa shape index (κ3) is 3.53. The van der Waals surface area contributed by atoms with Crippen molar-refractivity contribution in [3.63, 3.8) is 0 Å². The van der Waals surface area contributed by atoms with Crippen LogP contribution in [0.1, 0.15) is 20.3 Å². The van der Waals surface area contributed by atoms with Gasteiger partial charge in [0.25, 0.3) is 0 Å². The fourth-order valence-electron chi connectivity index (χ4n) is 0.992. The lowest BCUT2D eigenvalue weighted by molar-refractivity contribution is -0.132. The van der Waals surface area contributed by atoms with Crippen molar-refractivity contribution in [1.82, 2.24) is 4.90 Å². The van der Waals surface area contributed by atoms with E-state index in [9.17, 15) is 4.79 Å². The zero-order valence-electron chi connectivity index (χ0n) is 8.16. The predicted molar refractivity (Wildman–Crippen MR) is 49.2 cm³/mol. The number of hydrogen-bond donors (Lipinski definition) is 1. The Balaban J connectivity index is 4.35. The van der Waals surface area contributed by atoms with E-state index in [1.165, 1.54) is 0 Å². The molecular weight excluding hydrogens is 154 g/mol. The largest absolute Gasteiger partial charge is 0.478 e. The fourth-order valence-corrected chi connectivity index (χ4v) is 0.992. The first kappa shape index (κ1) is 11.2. The second kappa shape index (κ2) is 4.93. The molecule has 0 radical (unpaired) electrons. The molecule has 0 amide bonds. The molecule has 0 spiro atoms. The molecule has 0 rings (SSSR count). The van der Waals surface area contributed by atoms with E-state index in [1.54, 1.807) is 13.0 Å². The Morgan fingerprint density at radius 3 is 2.33 bits per heavy atom. The zero-order chi connectivity index (χ0) is 9.72. The number of carboxylic acids is 1. The van der Waals surface area contributed by atoms with Crippen molar-refractivity contribution in [3.8, 4) is 0 Å². The summed E-state index contributed by atoms with van der Waals surface area (Å²) in [6.07, 6.45) is 2.71. The second-order valence-corrected chi connectivity index (χ2v) is 3.09. The van der Waals surface area contributed by atoms with E-state index < -0.39 is 5.97 Å². The Kier molecular flexibility index (Phi) is 4.59. The molecule has 0 aromatic rings. The number of carboxylic acid groups (broad SMARTS) is 1. The zero-order valence-corrected chi connectivity index (χ0v) is 8.16. The van der Waals surface area contributed by atoms with Gasteiger partial charge in [-0.05, 0) is 27.4 Å². The molecule has 70 valence electrons. The van der Waals surface area contributed by atoms with Gasteiger partial charge in [0.05, 0.1) is 0 Å². The van der Waals surface area contributed by atoms with Gasteiger partial charge in [-0.1, -0.05) is 13.0 Å². The van der Waals surface area contributed by atoms with E-state index in [1.807, 2.05) is 25.9 Å². The highest BCUT2D eigenvalue weighted by atomic mass is 16.4. The van der Waals surface area contributed by atoms with Gasteiger partial charge in [0.1, 0.15) is 0 Å². The minimum absolute atomic E-state index is 0.223. The summed E-state index contributed by atoms with van der Waals surface area (Å²) >= 11 is 0. The molecule has 0 aliphatic carbocycles. The average Bonchev–Trinajstić information content (AvgIpc) is 1.98. The Hall–Kier alpha value is -0.830. The Labute approximate surface area is 73.7 Å². The molecule has 0 bridgehead atoms. The van der Waals surface area contributed by atoms with E-state index in [0.29, 0.717) is 5.57 Å². The van der Waals surface area contributed by atoms with Crippen LogP contribution in [0.5, 0.6) is 0 Å². The number of carbonyl (C=O) groups is 1.